The van der Waals surface area contributed by atoms with Gasteiger partial charge in [-0.05, 0) is 25.3 Å². The second-order valence-electron chi connectivity index (χ2n) is 11.0. The summed E-state index contributed by atoms with van der Waals surface area (Å²) < 4.78 is 34.6. The molecule has 3 saturated heterocycles. The van der Waals surface area contributed by atoms with Gasteiger partial charge in [-0.3, -0.25) is 4.90 Å². The minimum Gasteiger partial charge on any atom is -0.368 e. The monoisotopic (exact) mass is 541 g/mol. The first-order valence-corrected chi connectivity index (χ1v) is 14.3. The average Bonchev–Trinajstić information content (AvgIpc) is 3.28. The molecule has 1 spiro atoms. The number of anilines is 2. The zero-order valence-corrected chi connectivity index (χ0v) is 23.4. The fraction of sp³-hybridized carbons (Fsp3) is 0.621. The van der Waals surface area contributed by atoms with Crippen LogP contribution < -0.4 is 15.1 Å². The Morgan fingerprint density at radius 2 is 1.85 bits per heavy atom. The Labute approximate surface area is 230 Å². The normalized spacial score (nSPS) is 21.0. The molecule has 0 aliphatic carbocycles. The molecule has 2 aromatic heterocycles. The molecule has 0 bridgehead atoms. The van der Waals surface area contributed by atoms with Crippen molar-refractivity contribution in [1.82, 2.24) is 25.4 Å². The molecule has 6 rings (SSSR count). The van der Waals surface area contributed by atoms with Crippen LogP contribution in [0.1, 0.15) is 67.6 Å². The van der Waals surface area contributed by atoms with E-state index in [4.69, 9.17) is 4.74 Å². The summed E-state index contributed by atoms with van der Waals surface area (Å²) in [5.41, 5.74) is 3.86. The van der Waals surface area contributed by atoms with Crippen LogP contribution in [-0.2, 0) is 16.9 Å². The average molecular weight is 542 g/mol. The van der Waals surface area contributed by atoms with E-state index in [2.05, 4.69) is 55.6 Å². The van der Waals surface area contributed by atoms with E-state index in [1.54, 1.807) is 6.20 Å². The van der Waals surface area contributed by atoms with Crippen LogP contribution >= 0.6 is 0 Å². The molecule has 1 N–H and O–H groups in total. The van der Waals surface area contributed by atoms with Crippen molar-refractivity contribution in [2.75, 3.05) is 62.2 Å². The fourth-order valence-corrected chi connectivity index (χ4v) is 6.30. The highest BCUT2D eigenvalue weighted by Crippen LogP contribution is 2.46. The van der Waals surface area contributed by atoms with Crippen molar-refractivity contribution >= 4 is 17.6 Å². The van der Waals surface area contributed by atoms with Gasteiger partial charge in [0.25, 0.3) is 6.43 Å². The van der Waals surface area contributed by atoms with Crippen molar-refractivity contribution in [2.24, 2.45) is 0 Å². The number of alkyl halides is 2. The van der Waals surface area contributed by atoms with E-state index >= 15 is 0 Å². The van der Waals surface area contributed by atoms with Gasteiger partial charge in [0.05, 0.1) is 24.1 Å². The molecule has 8 nitrogen and oxygen atoms in total. The summed E-state index contributed by atoms with van der Waals surface area (Å²) in [6.45, 7) is 17.7. The van der Waals surface area contributed by atoms with Gasteiger partial charge in [-0.2, -0.15) is 10.2 Å². The van der Waals surface area contributed by atoms with Crippen LogP contribution in [0.5, 0.6) is 0 Å². The maximum atomic E-state index is 14.1. The molecule has 4 aliphatic rings. The quantitative estimate of drug-likeness (QED) is 0.601. The first-order valence-electron chi connectivity index (χ1n) is 14.3. The third-order valence-electron chi connectivity index (χ3n) is 8.28. The summed E-state index contributed by atoms with van der Waals surface area (Å²) in [6, 6.07) is 2.44. The van der Waals surface area contributed by atoms with Crippen LogP contribution in [0.3, 0.4) is 0 Å². The Hall–Kier alpha value is -2.69. The van der Waals surface area contributed by atoms with Crippen molar-refractivity contribution in [3.05, 3.63) is 46.9 Å². The van der Waals surface area contributed by atoms with Gasteiger partial charge in [-0.1, -0.05) is 32.9 Å². The predicted octanol–water partition coefficient (Wildman–Crippen LogP) is 4.30. The number of hydrogen-bond donors (Lipinski definition) is 1. The molecule has 4 aliphatic heterocycles. The van der Waals surface area contributed by atoms with Crippen LogP contribution in [-0.4, -0.2) is 78.5 Å². The van der Waals surface area contributed by atoms with Crippen LogP contribution in [0.15, 0.2) is 18.8 Å². The Morgan fingerprint density at radius 3 is 2.49 bits per heavy atom. The van der Waals surface area contributed by atoms with Crippen molar-refractivity contribution in [2.45, 2.75) is 64.7 Å². The molecule has 10 heteroatoms. The summed E-state index contributed by atoms with van der Waals surface area (Å²) in [5, 5.41) is 11.7. The number of aromatic nitrogens is 3. The van der Waals surface area contributed by atoms with Crippen molar-refractivity contribution in [1.29, 1.82) is 0 Å². The Kier molecular flexibility index (Phi) is 8.44. The van der Waals surface area contributed by atoms with Gasteiger partial charge in [0, 0.05) is 81.3 Å². The minimum atomic E-state index is -2.66. The number of nitrogens with zero attached hydrogens (tertiary/aromatic N) is 6. The third-order valence-corrected chi connectivity index (χ3v) is 8.28. The van der Waals surface area contributed by atoms with E-state index in [1.165, 1.54) is 12.5 Å². The number of pyridine rings is 1. The van der Waals surface area contributed by atoms with Crippen LogP contribution in [0.4, 0.5) is 20.3 Å². The van der Waals surface area contributed by atoms with E-state index < -0.39 is 6.43 Å². The third kappa shape index (κ3) is 5.38. The van der Waals surface area contributed by atoms with Crippen LogP contribution in [0, 0.1) is 6.92 Å². The number of hydrogen-bond acceptors (Lipinski definition) is 8. The molecule has 6 heterocycles. The highest BCUT2D eigenvalue weighted by Gasteiger charge is 2.45. The summed E-state index contributed by atoms with van der Waals surface area (Å²) in [4.78, 5) is 11.3. The van der Waals surface area contributed by atoms with E-state index in [-0.39, 0.29) is 11.3 Å². The van der Waals surface area contributed by atoms with Crippen molar-refractivity contribution in [3.63, 3.8) is 0 Å². The molecule has 0 unspecified atom stereocenters. The van der Waals surface area contributed by atoms with Gasteiger partial charge in [-0.15, -0.1) is 0 Å². The number of rotatable bonds is 5. The molecule has 0 saturated carbocycles. The number of ether oxygens (including phenoxy) is 1. The van der Waals surface area contributed by atoms with Gasteiger partial charge in [0.15, 0.2) is 0 Å². The Bertz CT molecular complexity index is 1160. The maximum Gasteiger partial charge on any atom is 0.281 e. The zero-order chi connectivity index (χ0) is 27.6. The van der Waals surface area contributed by atoms with Crippen molar-refractivity contribution in [3.8, 4) is 0 Å². The van der Waals surface area contributed by atoms with Crippen LogP contribution in [0.25, 0.3) is 6.08 Å². The summed E-state index contributed by atoms with van der Waals surface area (Å²) >= 11 is 0. The largest absolute Gasteiger partial charge is 0.368 e. The second-order valence-corrected chi connectivity index (χ2v) is 11.0. The first-order chi connectivity index (χ1) is 18.9. The lowest BCUT2D eigenvalue weighted by atomic mass is 9.83. The zero-order valence-electron chi connectivity index (χ0n) is 23.4. The summed E-state index contributed by atoms with van der Waals surface area (Å²) in [7, 11) is 0. The lowest BCUT2D eigenvalue weighted by Crippen LogP contribution is -2.63. The fourth-order valence-electron chi connectivity index (χ4n) is 6.30. The number of piperidine rings is 1. The van der Waals surface area contributed by atoms with Gasteiger partial charge in [0.2, 0.25) is 0 Å². The second kappa shape index (κ2) is 11.8. The van der Waals surface area contributed by atoms with E-state index in [0.29, 0.717) is 37.1 Å². The van der Waals surface area contributed by atoms with Gasteiger partial charge < -0.3 is 19.9 Å². The molecule has 2 aromatic rings. The SMILES string of the molecule is C=Cc1c(N2CC(N3CCNCC3)C2)cc(N2CCC3(CC2)OCc2nncc(C)c23)nc1C(F)F.CCC. The van der Waals surface area contributed by atoms with Gasteiger partial charge >= 0.3 is 0 Å². The lowest BCUT2D eigenvalue weighted by Gasteiger charge is -2.48. The first kappa shape index (κ1) is 27.9. The molecular weight excluding hydrogens is 500 g/mol. The van der Waals surface area contributed by atoms with Gasteiger partial charge in [0.1, 0.15) is 11.5 Å². The molecule has 39 heavy (non-hydrogen) atoms. The molecule has 212 valence electrons. The van der Waals surface area contributed by atoms with Crippen LogP contribution in [0.2, 0.25) is 0 Å². The topological polar surface area (TPSA) is 69.7 Å². The number of nitrogens with one attached hydrogen (secondary N) is 1. The Morgan fingerprint density at radius 1 is 1.15 bits per heavy atom. The smallest absolute Gasteiger partial charge is 0.281 e. The predicted molar refractivity (Wildman–Crippen MR) is 150 cm³/mol. The number of aryl methyl sites for hydroxylation is 1. The molecule has 0 aromatic carbocycles. The number of fused-ring (bicyclic) bond motifs is 2. The van der Waals surface area contributed by atoms with E-state index in [9.17, 15) is 8.78 Å². The Balaban J connectivity index is 0.000000983. The molecule has 3 fully saturated rings. The highest BCUT2D eigenvalue weighted by molar-refractivity contribution is 5.73. The van der Waals surface area contributed by atoms with Crippen molar-refractivity contribution < 1.29 is 13.5 Å². The number of halogens is 2. The molecule has 0 atom stereocenters. The molecular formula is C29H41F2N7O. The summed E-state index contributed by atoms with van der Waals surface area (Å²) in [5.74, 6) is 0.606. The van der Waals surface area contributed by atoms with E-state index in [1.807, 2.05) is 13.0 Å². The highest BCUT2D eigenvalue weighted by atomic mass is 19.3. The molecule has 0 amide bonds. The maximum absolute atomic E-state index is 14.1. The summed E-state index contributed by atoms with van der Waals surface area (Å²) in [6.07, 6.45) is 3.42. The van der Waals surface area contributed by atoms with E-state index in [0.717, 1.165) is 74.6 Å². The minimum absolute atomic E-state index is 0.183. The lowest BCUT2D eigenvalue weighted by molar-refractivity contribution is -0.0558. The number of piperazine rings is 1. The van der Waals surface area contributed by atoms with Gasteiger partial charge in [-0.25, -0.2) is 13.8 Å². The standard InChI is InChI=1S/C26H33F2N7O.C3H8/c1-3-19-21(35-14-18(15-35)33-10-6-29-7-11-33)12-22(31-24(19)25(27)28)34-8-4-26(5-9-34)23-17(2)13-30-32-20(23)16-36-26;1-3-2/h3,12-13,18,25,29H,1,4-11,14-16H2,2H3;3H2,1-2H3. The molecule has 0 radical (unpaired) electrons.